The lowest BCUT2D eigenvalue weighted by Gasteiger charge is -2.25. The quantitative estimate of drug-likeness (QED) is 0.862. The van der Waals surface area contributed by atoms with Gasteiger partial charge < -0.3 is 10.3 Å². The number of nitrogen functional groups attached to an aromatic ring is 1. The molecule has 1 aromatic carbocycles. The Morgan fingerprint density at radius 2 is 2.05 bits per heavy atom. The first-order chi connectivity index (χ1) is 10.2. The van der Waals surface area contributed by atoms with Crippen LogP contribution in [0.5, 0.6) is 0 Å². The highest BCUT2D eigenvalue weighted by Gasteiger charge is 2.25. The zero-order chi connectivity index (χ0) is 14.8. The molecule has 2 aromatic rings. The summed E-state index contributed by atoms with van der Waals surface area (Å²) in [5.41, 5.74) is 6.72. The largest absolute Gasteiger partial charge is 0.398 e. The van der Waals surface area contributed by atoms with Gasteiger partial charge in [-0.1, -0.05) is 18.5 Å². The molecule has 112 valence electrons. The molecule has 0 aliphatic heterocycles. The predicted molar refractivity (Wildman–Crippen MR) is 79.1 cm³/mol. The molecule has 1 aliphatic carbocycles. The highest BCUT2D eigenvalue weighted by molar-refractivity contribution is 5.70. The van der Waals surface area contributed by atoms with Gasteiger partial charge in [-0.2, -0.15) is 4.98 Å². The summed E-state index contributed by atoms with van der Waals surface area (Å²) in [6, 6.07) is 4.20. The van der Waals surface area contributed by atoms with Crippen molar-refractivity contribution < 1.29 is 8.91 Å². The summed E-state index contributed by atoms with van der Waals surface area (Å²) >= 11 is 0. The number of anilines is 1. The molecule has 5 heteroatoms. The van der Waals surface area contributed by atoms with E-state index in [-0.39, 0.29) is 5.82 Å². The van der Waals surface area contributed by atoms with Gasteiger partial charge in [-0.15, -0.1) is 0 Å². The highest BCUT2D eigenvalue weighted by Crippen LogP contribution is 2.36. The maximum absolute atomic E-state index is 13.1. The van der Waals surface area contributed by atoms with Crippen molar-refractivity contribution in [1.82, 2.24) is 10.1 Å². The van der Waals surface area contributed by atoms with Crippen LogP contribution in [0, 0.1) is 11.7 Å². The average molecular weight is 289 g/mol. The van der Waals surface area contributed by atoms with E-state index in [0.717, 1.165) is 24.6 Å². The number of benzene rings is 1. The van der Waals surface area contributed by atoms with E-state index >= 15 is 0 Å². The molecule has 0 spiro atoms. The molecule has 0 bridgehead atoms. The average Bonchev–Trinajstić information content (AvgIpc) is 2.97. The van der Waals surface area contributed by atoms with Gasteiger partial charge >= 0.3 is 0 Å². The molecule has 1 aromatic heterocycles. The van der Waals surface area contributed by atoms with Crippen molar-refractivity contribution in [2.24, 2.45) is 5.92 Å². The molecule has 0 amide bonds. The Morgan fingerprint density at radius 1 is 1.29 bits per heavy atom. The van der Waals surface area contributed by atoms with Crippen LogP contribution < -0.4 is 5.73 Å². The summed E-state index contributed by atoms with van der Waals surface area (Å²) < 4.78 is 18.4. The van der Waals surface area contributed by atoms with E-state index in [1.54, 1.807) is 6.07 Å². The molecule has 0 saturated heterocycles. The van der Waals surface area contributed by atoms with E-state index in [2.05, 4.69) is 17.1 Å². The van der Waals surface area contributed by atoms with E-state index in [4.69, 9.17) is 10.3 Å². The van der Waals surface area contributed by atoms with E-state index in [1.165, 1.54) is 31.4 Å². The van der Waals surface area contributed by atoms with Gasteiger partial charge in [-0.05, 0) is 49.8 Å². The first-order valence-corrected chi connectivity index (χ1v) is 7.56. The molecule has 4 nitrogen and oxygen atoms in total. The Bertz CT molecular complexity index is 618. The summed E-state index contributed by atoms with van der Waals surface area (Å²) in [7, 11) is 0. The zero-order valence-corrected chi connectivity index (χ0v) is 12.2. The molecule has 21 heavy (non-hydrogen) atoms. The molecule has 2 N–H and O–H groups in total. The van der Waals surface area contributed by atoms with Gasteiger partial charge in [0, 0.05) is 11.6 Å². The van der Waals surface area contributed by atoms with E-state index in [1.807, 2.05) is 0 Å². The van der Waals surface area contributed by atoms with Crippen LogP contribution in [-0.2, 0) is 0 Å². The Morgan fingerprint density at radius 3 is 2.71 bits per heavy atom. The monoisotopic (exact) mass is 289 g/mol. The second-order valence-electron chi connectivity index (χ2n) is 5.82. The van der Waals surface area contributed by atoms with Crippen LogP contribution >= 0.6 is 0 Å². The van der Waals surface area contributed by atoms with Gasteiger partial charge in [0.05, 0.1) is 5.56 Å². The lowest BCUT2D eigenvalue weighted by Crippen LogP contribution is -2.13. The zero-order valence-electron chi connectivity index (χ0n) is 12.2. The van der Waals surface area contributed by atoms with E-state index in [9.17, 15) is 4.39 Å². The summed E-state index contributed by atoms with van der Waals surface area (Å²) in [6.07, 6.45) is 5.91. The first kappa shape index (κ1) is 14.0. The standard InChI is InChI=1S/C16H20FN3O/c1-2-10-3-5-11(6-4-10)15-19-16(21-20-15)13-8-7-12(17)9-14(13)18/h7-11H,2-6,18H2,1H3. The lowest BCUT2D eigenvalue weighted by atomic mass is 9.80. The number of aromatic nitrogens is 2. The lowest BCUT2D eigenvalue weighted by molar-refractivity contribution is 0.305. The Balaban J connectivity index is 1.77. The van der Waals surface area contributed by atoms with Crippen molar-refractivity contribution in [2.75, 3.05) is 5.73 Å². The van der Waals surface area contributed by atoms with Crippen LogP contribution in [0.1, 0.15) is 50.8 Å². The van der Waals surface area contributed by atoms with E-state index in [0.29, 0.717) is 23.1 Å². The van der Waals surface area contributed by atoms with Crippen molar-refractivity contribution in [1.29, 1.82) is 0 Å². The smallest absolute Gasteiger partial charge is 0.260 e. The van der Waals surface area contributed by atoms with Gasteiger partial charge in [-0.3, -0.25) is 0 Å². The van der Waals surface area contributed by atoms with Crippen LogP contribution in [0.3, 0.4) is 0 Å². The number of nitrogens with zero attached hydrogens (tertiary/aromatic N) is 2. The second kappa shape index (κ2) is 5.84. The Kier molecular flexibility index (Phi) is 3.90. The second-order valence-corrected chi connectivity index (χ2v) is 5.82. The topological polar surface area (TPSA) is 64.9 Å². The molecule has 1 fully saturated rings. The number of rotatable bonds is 3. The summed E-state index contributed by atoms with van der Waals surface area (Å²) in [6.45, 7) is 2.24. The van der Waals surface area contributed by atoms with Crippen LogP contribution in [-0.4, -0.2) is 10.1 Å². The summed E-state index contributed by atoms with van der Waals surface area (Å²) in [5.74, 6) is 1.96. The molecular formula is C16H20FN3O. The number of nitrogens with two attached hydrogens (primary N) is 1. The number of hydrogen-bond acceptors (Lipinski definition) is 4. The Hall–Kier alpha value is -1.91. The van der Waals surface area contributed by atoms with Crippen molar-refractivity contribution >= 4 is 5.69 Å². The van der Waals surface area contributed by atoms with Crippen LogP contribution in [0.2, 0.25) is 0 Å². The van der Waals surface area contributed by atoms with Crippen LogP contribution in [0.15, 0.2) is 22.7 Å². The van der Waals surface area contributed by atoms with Crippen molar-refractivity contribution in [3.63, 3.8) is 0 Å². The molecule has 0 radical (unpaired) electrons. The molecule has 0 unspecified atom stereocenters. The van der Waals surface area contributed by atoms with Crippen molar-refractivity contribution in [3.8, 4) is 11.5 Å². The van der Waals surface area contributed by atoms with E-state index < -0.39 is 0 Å². The number of halogens is 1. The van der Waals surface area contributed by atoms with Gasteiger partial charge in [0.1, 0.15) is 5.82 Å². The molecule has 1 heterocycles. The fourth-order valence-corrected chi connectivity index (χ4v) is 3.07. The number of hydrogen-bond donors (Lipinski definition) is 1. The molecule has 1 aliphatic rings. The molecule has 0 atom stereocenters. The maximum Gasteiger partial charge on any atom is 0.260 e. The molecule has 3 rings (SSSR count). The van der Waals surface area contributed by atoms with Crippen LogP contribution in [0.4, 0.5) is 10.1 Å². The minimum atomic E-state index is -0.367. The van der Waals surface area contributed by atoms with Gasteiger partial charge in [0.15, 0.2) is 5.82 Å². The molecule has 1 saturated carbocycles. The SMILES string of the molecule is CCC1CCC(c2noc(-c3ccc(F)cc3N)n2)CC1. The highest BCUT2D eigenvalue weighted by atomic mass is 19.1. The van der Waals surface area contributed by atoms with Crippen molar-refractivity contribution in [3.05, 3.63) is 29.8 Å². The summed E-state index contributed by atoms with van der Waals surface area (Å²) in [4.78, 5) is 4.47. The Labute approximate surface area is 123 Å². The fourth-order valence-electron chi connectivity index (χ4n) is 3.07. The first-order valence-electron chi connectivity index (χ1n) is 7.56. The van der Waals surface area contributed by atoms with Crippen LogP contribution in [0.25, 0.3) is 11.5 Å². The normalized spacial score (nSPS) is 22.4. The predicted octanol–water partition coefficient (Wildman–Crippen LogP) is 4.14. The van der Waals surface area contributed by atoms with Gasteiger partial charge in [0.25, 0.3) is 5.89 Å². The molecular weight excluding hydrogens is 269 g/mol. The van der Waals surface area contributed by atoms with Crippen molar-refractivity contribution in [2.45, 2.75) is 44.9 Å². The summed E-state index contributed by atoms with van der Waals surface area (Å²) in [5, 5.41) is 4.10. The third-order valence-corrected chi connectivity index (χ3v) is 4.48. The maximum atomic E-state index is 13.1. The third-order valence-electron chi connectivity index (χ3n) is 4.48. The van der Waals surface area contributed by atoms with Gasteiger partial charge in [0.2, 0.25) is 0 Å². The minimum Gasteiger partial charge on any atom is -0.398 e. The minimum absolute atomic E-state index is 0.319. The fraction of sp³-hybridized carbons (Fsp3) is 0.500. The third kappa shape index (κ3) is 2.91. The van der Waals surface area contributed by atoms with Gasteiger partial charge in [-0.25, -0.2) is 4.39 Å².